The number of rotatable bonds is 8. The molecule has 10 heteroatoms. The van der Waals surface area contributed by atoms with Gasteiger partial charge in [0, 0.05) is 23.4 Å². The lowest BCUT2D eigenvalue weighted by Crippen LogP contribution is -2.19. The van der Waals surface area contributed by atoms with E-state index in [1.165, 1.54) is 10.8 Å². The van der Waals surface area contributed by atoms with Crippen molar-refractivity contribution in [3.63, 3.8) is 0 Å². The van der Waals surface area contributed by atoms with Crippen LogP contribution in [0, 0.1) is 0 Å². The zero-order chi connectivity index (χ0) is 23.6. The Morgan fingerprint density at radius 3 is 2.70 bits per heavy atom. The maximum absolute atomic E-state index is 13.8. The molecule has 1 aliphatic rings. The second-order valence-electron chi connectivity index (χ2n) is 7.67. The Balaban J connectivity index is 2.02. The van der Waals surface area contributed by atoms with Gasteiger partial charge in [-0.25, -0.2) is 0 Å². The van der Waals surface area contributed by atoms with Gasteiger partial charge in [-0.2, -0.15) is 0 Å². The lowest BCUT2D eigenvalue weighted by atomic mass is 9.96. The van der Waals surface area contributed by atoms with Gasteiger partial charge in [0.05, 0.1) is 31.2 Å². The van der Waals surface area contributed by atoms with E-state index in [4.69, 9.17) is 18.7 Å². The van der Waals surface area contributed by atoms with Gasteiger partial charge in [-0.3, -0.25) is 13.9 Å². The second-order valence-corrected chi connectivity index (χ2v) is 8.87. The molecule has 0 aliphatic carbocycles. The smallest absolute Gasteiger partial charge is 0.266 e. The highest BCUT2D eigenvalue weighted by Crippen LogP contribution is 2.39. The van der Waals surface area contributed by atoms with Gasteiger partial charge in [0.25, 0.3) is 7.82 Å². The third-order valence-corrected chi connectivity index (χ3v) is 5.87. The minimum atomic E-state index is -5.01. The Hall–Kier alpha value is -2.84. The molecule has 0 radical (unpaired) electrons. The Morgan fingerprint density at radius 2 is 2.03 bits per heavy atom. The predicted octanol–water partition coefficient (Wildman–Crippen LogP) is 3.23. The molecule has 176 valence electrons. The van der Waals surface area contributed by atoms with Crippen molar-refractivity contribution in [2.24, 2.45) is 0 Å². The molecule has 0 bridgehead atoms. The molecule has 9 nitrogen and oxygen atoms in total. The summed E-state index contributed by atoms with van der Waals surface area (Å²) in [5.74, 6) is 1.60. The van der Waals surface area contributed by atoms with Crippen LogP contribution in [0.15, 0.2) is 41.3 Å². The summed E-state index contributed by atoms with van der Waals surface area (Å²) in [6, 6.07) is 8.69. The fourth-order valence-corrected chi connectivity index (χ4v) is 4.22. The SMILES string of the molecule is CCCOc1cc2c(c3c(=O)c(-c4ccc(OC)cc4)cn(COP(=O)([O-])O)c13)CCCO2. The van der Waals surface area contributed by atoms with Crippen molar-refractivity contribution in [3.05, 3.63) is 52.3 Å². The van der Waals surface area contributed by atoms with Gasteiger partial charge >= 0.3 is 0 Å². The van der Waals surface area contributed by atoms with E-state index in [-0.39, 0.29) is 5.43 Å². The maximum atomic E-state index is 13.8. The van der Waals surface area contributed by atoms with Gasteiger partial charge < -0.3 is 28.6 Å². The first kappa shape index (κ1) is 23.3. The summed E-state index contributed by atoms with van der Waals surface area (Å²) in [7, 11) is -3.46. The fraction of sp³-hybridized carbons (Fsp3) is 0.348. The van der Waals surface area contributed by atoms with Crippen LogP contribution >= 0.6 is 7.82 Å². The van der Waals surface area contributed by atoms with E-state index in [1.807, 2.05) is 6.92 Å². The van der Waals surface area contributed by atoms with Crippen LogP contribution in [0.25, 0.3) is 22.0 Å². The first-order valence-electron chi connectivity index (χ1n) is 10.6. The number of methoxy groups -OCH3 is 1. The van der Waals surface area contributed by atoms with Gasteiger partial charge in [0.1, 0.15) is 24.0 Å². The Kier molecular flexibility index (Phi) is 6.76. The van der Waals surface area contributed by atoms with Crippen molar-refractivity contribution >= 4 is 18.7 Å². The minimum Gasteiger partial charge on any atom is -0.756 e. The molecule has 1 N–H and O–H groups in total. The highest BCUT2D eigenvalue weighted by atomic mass is 31.2. The van der Waals surface area contributed by atoms with Crippen LogP contribution in [0.3, 0.4) is 0 Å². The first-order valence-corrected chi connectivity index (χ1v) is 12.1. The van der Waals surface area contributed by atoms with Crippen molar-refractivity contribution in [1.82, 2.24) is 4.57 Å². The van der Waals surface area contributed by atoms with E-state index in [2.05, 4.69) is 0 Å². The molecule has 1 aromatic heterocycles. The Labute approximate surface area is 190 Å². The molecule has 1 atom stereocenters. The van der Waals surface area contributed by atoms with Gasteiger partial charge in [-0.15, -0.1) is 0 Å². The molecule has 4 rings (SSSR count). The molecular formula is C23H25NO8P-. The molecule has 1 unspecified atom stereocenters. The van der Waals surface area contributed by atoms with E-state index >= 15 is 0 Å². The molecule has 0 fully saturated rings. The normalized spacial score (nSPS) is 14.9. The third-order valence-electron chi connectivity index (χ3n) is 5.43. The van der Waals surface area contributed by atoms with E-state index in [0.29, 0.717) is 58.9 Å². The van der Waals surface area contributed by atoms with Gasteiger partial charge in [-0.05, 0) is 37.0 Å². The molecular weight excluding hydrogens is 449 g/mol. The number of benzene rings is 2. The van der Waals surface area contributed by atoms with Gasteiger partial charge in [0.15, 0.2) is 5.43 Å². The average molecular weight is 474 g/mol. The largest absolute Gasteiger partial charge is 0.756 e. The first-order chi connectivity index (χ1) is 15.8. The monoisotopic (exact) mass is 474 g/mol. The van der Waals surface area contributed by atoms with Crippen LogP contribution < -0.4 is 24.5 Å². The van der Waals surface area contributed by atoms with E-state index in [1.54, 1.807) is 37.4 Å². The lowest BCUT2D eigenvalue weighted by Gasteiger charge is -2.24. The number of pyridine rings is 1. The van der Waals surface area contributed by atoms with Crippen LogP contribution in [-0.4, -0.2) is 29.8 Å². The van der Waals surface area contributed by atoms with Crippen molar-refractivity contribution in [2.45, 2.75) is 32.9 Å². The summed E-state index contributed by atoms with van der Waals surface area (Å²) < 4.78 is 34.5. The summed E-state index contributed by atoms with van der Waals surface area (Å²) in [5, 5.41) is 0.383. The lowest BCUT2D eigenvalue weighted by molar-refractivity contribution is -0.222. The third kappa shape index (κ3) is 4.91. The number of fused-ring (bicyclic) bond motifs is 3. The van der Waals surface area contributed by atoms with Crippen molar-refractivity contribution in [3.8, 4) is 28.4 Å². The minimum absolute atomic E-state index is 0.232. The highest BCUT2D eigenvalue weighted by molar-refractivity contribution is 7.44. The van der Waals surface area contributed by atoms with E-state index < -0.39 is 14.6 Å². The fourth-order valence-electron chi connectivity index (χ4n) is 3.95. The topological polar surface area (TPSA) is 119 Å². The molecule has 0 spiro atoms. The zero-order valence-electron chi connectivity index (χ0n) is 18.4. The van der Waals surface area contributed by atoms with E-state index in [9.17, 15) is 19.1 Å². The summed E-state index contributed by atoms with van der Waals surface area (Å²) in [6.45, 7) is 2.35. The predicted molar refractivity (Wildman–Crippen MR) is 121 cm³/mol. The molecule has 3 aromatic rings. The van der Waals surface area contributed by atoms with Gasteiger partial charge in [-0.1, -0.05) is 19.1 Å². The molecule has 0 amide bonds. The highest BCUT2D eigenvalue weighted by Gasteiger charge is 2.24. The van der Waals surface area contributed by atoms with Crippen molar-refractivity contribution in [1.29, 1.82) is 0 Å². The standard InChI is InChI=1S/C23H26NO8P/c1-3-10-30-20-12-19-17(5-4-11-31-19)21-22(20)24(14-32-33(26,27)28)13-18(23(21)25)15-6-8-16(29-2)9-7-15/h6-9,12-13H,3-5,10-11,14H2,1-2H3,(H2,26,27,28)/p-1. The molecule has 33 heavy (non-hydrogen) atoms. The number of phosphoric ester groups is 1. The van der Waals surface area contributed by atoms with Crippen LogP contribution in [0.2, 0.25) is 0 Å². The zero-order valence-corrected chi connectivity index (χ0v) is 19.3. The number of aromatic nitrogens is 1. The molecule has 1 aliphatic heterocycles. The van der Waals surface area contributed by atoms with Crippen molar-refractivity contribution in [2.75, 3.05) is 20.3 Å². The second kappa shape index (κ2) is 9.57. The summed E-state index contributed by atoms with van der Waals surface area (Å²) >= 11 is 0. The summed E-state index contributed by atoms with van der Waals surface area (Å²) in [4.78, 5) is 34.3. The number of aryl methyl sites for hydroxylation is 1. The molecule has 2 heterocycles. The van der Waals surface area contributed by atoms with Crippen LogP contribution in [0.4, 0.5) is 0 Å². The van der Waals surface area contributed by atoms with Gasteiger partial charge in [0.2, 0.25) is 0 Å². The maximum Gasteiger partial charge on any atom is 0.266 e. The average Bonchev–Trinajstić information content (AvgIpc) is 2.81. The summed E-state index contributed by atoms with van der Waals surface area (Å²) in [5.41, 5.74) is 1.86. The van der Waals surface area contributed by atoms with Crippen molar-refractivity contribution < 1.29 is 33.1 Å². The van der Waals surface area contributed by atoms with Crippen LogP contribution in [0.1, 0.15) is 25.3 Å². The Morgan fingerprint density at radius 1 is 1.27 bits per heavy atom. The number of hydrogen-bond acceptors (Lipinski definition) is 7. The number of hydrogen-bond donors (Lipinski definition) is 1. The number of phosphoric acid groups is 1. The number of nitrogens with zero attached hydrogens (tertiary/aromatic N) is 1. The number of ether oxygens (including phenoxy) is 3. The molecule has 0 saturated carbocycles. The van der Waals surface area contributed by atoms with E-state index in [0.717, 1.165) is 18.4 Å². The summed E-state index contributed by atoms with van der Waals surface area (Å²) in [6.07, 6.45) is 3.61. The molecule has 2 aromatic carbocycles. The Bertz CT molecular complexity index is 1260. The van der Waals surface area contributed by atoms with Crippen LogP contribution in [-0.2, 0) is 22.2 Å². The quantitative estimate of drug-likeness (QED) is 0.495. The van der Waals surface area contributed by atoms with Crippen LogP contribution in [0.5, 0.6) is 17.2 Å². The molecule has 0 saturated heterocycles.